The van der Waals surface area contributed by atoms with E-state index < -0.39 is 12.8 Å². The number of nitrogens with one attached hydrogen (secondary N) is 3. The quantitative estimate of drug-likeness (QED) is 0.412. The number of aromatic nitrogens is 4. The molecule has 3 N–H and O–H groups in total. The lowest BCUT2D eigenvalue weighted by molar-refractivity contribution is -0.173. The Labute approximate surface area is 212 Å². The number of halogens is 3. The molecule has 0 radical (unpaired) electrons. The summed E-state index contributed by atoms with van der Waals surface area (Å²) >= 11 is 0. The van der Waals surface area contributed by atoms with E-state index in [4.69, 9.17) is 0 Å². The number of nitrogens with zero attached hydrogens (tertiary/aromatic N) is 4. The highest BCUT2D eigenvalue weighted by molar-refractivity contribution is 5.92. The number of H-pyrrole nitrogens is 1. The first-order valence-corrected chi connectivity index (χ1v) is 12.0. The Bertz CT molecular complexity index is 1170. The second-order valence-corrected chi connectivity index (χ2v) is 8.59. The summed E-state index contributed by atoms with van der Waals surface area (Å²) in [5.74, 6) is 0.461. The second kappa shape index (κ2) is 13.1. The molecule has 37 heavy (non-hydrogen) atoms. The van der Waals surface area contributed by atoms with Crippen molar-refractivity contribution in [3.63, 3.8) is 0 Å². The van der Waals surface area contributed by atoms with Gasteiger partial charge in [-0.15, -0.1) is 0 Å². The van der Waals surface area contributed by atoms with Crippen LogP contribution >= 0.6 is 0 Å². The number of carbonyl (C=O) groups excluding carboxylic acids is 2. The number of aryl methyl sites for hydroxylation is 1. The summed E-state index contributed by atoms with van der Waals surface area (Å²) < 4.78 is 42.1. The van der Waals surface area contributed by atoms with Gasteiger partial charge in [-0.3, -0.25) is 9.48 Å². The molecule has 0 atom stereocenters. The third-order valence-electron chi connectivity index (χ3n) is 5.30. The Balaban J connectivity index is 0.000000240. The van der Waals surface area contributed by atoms with E-state index in [1.54, 1.807) is 31.3 Å². The van der Waals surface area contributed by atoms with Crippen molar-refractivity contribution in [2.45, 2.75) is 38.4 Å². The molecule has 5 rings (SSSR count). The Morgan fingerprint density at radius 1 is 1.22 bits per heavy atom. The number of rotatable bonds is 7. The van der Waals surface area contributed by atoms with Crippen LogP contribution in [0.5, 0.6) is 0 Å². The number of benzene rings is 1. The van der Waals surface area contributed by atoms with Crippen molar-refractivity contribution in [1.29, 1.82) is 0 Å². The van der Waals surface area contributed by atoms with Crippen LogP contribution in [-0.4, -0.2) is 76.1 Å². The zero-order chi connectivity index (χ0) is 26.8. The van der Waals surface area contributed by atoms with E-state index in [2.05, 4.69) is 30.4 Å². The summed E-state index contributed by atoms with van der Waals surface area (Å²) in [5, 5.41) is 9.09. The van der Waals surface area contributed by atoms with Crippen molar-refractivity contribution >= 4 is 23.0 Å². The van der Waals surface area contributed by atoms with Crippen LogP contribution in [0.3, 0.4) is 0 Å². The van der Waals surface area contributed by atoms with Crippen LogP contribution in [0.1, 0.15) is 41.1 Å². The number of hydrogen-bond donors (Lipinski definition) is 3. The van der Waals surface area contributed by atoms with Crippen LogP contribution in [0.25, 0.3) is 11.0 Å². The SMILES string of the molecule is C1CC1.CNC(=O)c1ccnn1C.O=C1NCCN1Cc1ccc2nc(CCOCC(F)(F)F)[nH]c2c1. The molecule has 0 unspecified atom stereocenters. The second-order valence-electron chi connectivity index (χ2n) is 8.59. The first kappa shape index (κ1) is 28.0. The first-order chi connectivity index (χ1) is 17.7. The fourth-order valence-electron chi connectivity index (χ4n) is 3.29. The van der Waals surface area contributed by atoms with Crippen molar-refractivity contribution < 1.29 is 27.5 Å². The van der Waals surface area contributed by atoms with Crippen LogP contribution in [-0.2, 0) is 24.8 Å². The Kier molecular flexibility index (Phi) is 9.89. The summed E-state index contributed by atoms with van der Waals surface area (Å²) in [4.78, 5) is 31.6. The third kappa shape index (κ3) is 9.41. The molecule has 202 valence electrons. The molecule has 2 aromatic heterocycles. The minimum absolute atomic E-state index is 0.0554. The maximum atomic E-state index is 12.0. The largest absolute Gasteiger partial charge is 0.411 e. The predicted octanol–water partition coefficient (Wildman–Crippen LogP) is 3.16. The van der Waals surface area contributed by atoms with Gasteiger partial charge in [0.25, 0.3) is 5.91 Å². The molecule has 1 saturated heterocycles. The lowest BCUT2D eigenvalue weighted by Crippen LogP contribution is -2.27. The molecular formula is C24H32F3N7O3. The van der Waals surface area contributed by atoms with Gasteiger partial charge in [0.2, 0.25) is 0 Å². The summed E-state index contributed by atoms with van der Waals surface area (Å²) in [6.07, 6.45) is 2.05. The number of urea groups is 1. The van der Waals surface area contributed by atoms with Gasteiger partial charge in [-0.25, -0.2) is 9.78 Å². The molecule has 1 aliphatic carbocycles. The number of aromatic amines is 1. The number of hydrogen-bond acceptors (Lipinski definition) is 5. The van der Waals surface area contributed by atoms with Crippen LogP contribution in [0.15, 0.2) is 30.5 Å². The van der Waals surface area contributed by atoms with E-state index in [-0.39, 0.29) is 25.0 Å². The Morgan fingerprint density at radius 2 is 1.97 bits per heavy atom. The minimum Gasteiger partial charge on any atom is -0.372 e. The number of amides is 3. The summed E-state index contributed by atoms with van der Waals surface area (Å²) in [6.45, 7) is 0.509. The van der Waals surface area contributed by atoms with Gasteiger partial charge in [-0.2, -0.15) is 18.3 Å². The van der Waals surface area contributed by atoms with Gasteiger partial charge in [-0.05, 0) is 23.8 Å². The van der Waals surface area contributed by atoms with Crippen molar-refractivity contribution in [2.75, 3.05) is 33.4 Å². The van der Waals surface area contributed by atoms with E-state index >= 15 is 0 Å². The molecule has 3 amide bonds. The normalized spacial score (nSPS) is 14.4. The van der Waals surface area contributed by atoms with Crippen LogP contribution in [0.2, 0.25) is 0 Å². The number of ether oxygens (including phenoxy) is 1. The van der Waals surface area contributed by atoms with Gasteiger partial charge < -0.3 is 25.3 Å². The zero-order valence-corrected chi connectivity index (χ0v) is 20.9. The summed E-state index contributed by atoms with van der Waals surface area (Å²) in [6, 6.07) is 7.20. The van der Waals surface area contributed by atoms with Crippen LogP contribution < -0.4 is 10.6 Å². The van der Waals surface area contributed by atoms with Crippen LogP contribution in [0, 0.1) is 0 Å². The molecule has 2 aliphatic rings. The molecule has 10 nitrogen and oxygen atoms in total. The van der Waals surface area contributed by atoms with E-state index in [9.17, 15) is 22.8 Å². The third-order valence-corrected chi connectivity index (χ3v) is 5.30. The maximum Gasteiger partial charge on any atom is 0.411 e. The van der Waals surface area contributed by atoms with Gasteiger partial charge in [-0.1, -0.05) is 25.3 Å². The average molecular weight is 524 g/mol. The smallest absolute Gasteiger partial charge is 0.372 e. The van der Waals surface area contributed by atoms with Gasteiger partial charge in [0.1, 0.15) is 18.1 Å². The van der Waals surface area contributed by atoms with Gasteiger partial charge in [0.15, 0.2) is 0 Å². The van der Waals surface area contributed by atoms with E-state index in [0.717, 1.165) is 16.6 Å². The van der Waals surface area contributed by atoms with Gasteiger partial charge in [0.05, 0.1) is 17.6 Å². The summed E-state index contributed by atoms with van der Waals surface area (Å²) in [7, 11) is 3.32. The van der Waals surface area contributed by atoms with Crippen molar-refractivity contribution in [2.24, 2.45) is 7.05 Å². The lowest BCUT2D eigenvalue weighted by atomic mass is 10.2. The number of fused-ring (bicyclic) bond motifs is 1. The molecular weight excluding hydrogens is 491 g/mol. The molecule has 1 saturated carbocycles. The molecule has 13 heteroatoms. The van der Waals surface area contributed by atoms with Crippen LogP contribution in [0.4, 0.5) is 18.0 Å². The number of imidazole rings is 1. The van der Waals surface area contributed by atoms with Gasteiger partial charge in [0, 0.05) is 46.3 Å². The minimum atomic E-state index is -4.31. The topological polar surface area (TPSA) is 117 Å². The molecule has 3 heterocycles. The monoisotopic (exact) mass is 523 g/mol. The molecule has 0 spiro atoms. The Hall–Kier alpha value is -3.61. The first-order valence-electron chi connectivity index (χ1n) is 12.0. The standard InChI is InChI=1S/C15H17F3N4O2.C6H9N3O.C3H6/c16-15(17,18)9-24-6-3-13-20-11-2-1-10(7-12(11)21-13)8-22-5-4-19-14(22)23;1-7-6(10)5-3-4-8-9(5)2;1-2-3-1/h1-2,7H,3-6,8-9H2,(H,19,23)(H,20,21);3-4H,1-2H3,(H,7,10);1-3H2. The molecule has 0 bridgehead atoms. The van der Waals surface area contributed by atoms with E-state index in [0.29, 0.717) is 31.2 Å². The zero-order valence-electron chi connectivity index (χ0n) is 20.9. The van der Waals surface area contributed by atoms with E-state index in [1.807, 2.05) is 18.2 Å². The molecule has 2 fully saturated rings. The van der Waals surface area contributed by atoms with Crippen molar-refractivity contribution in [1.82, 2.24) is 35.3 Å². The molecule has 3 aromatic rings. The highest BCUT2D eigenvalue weighted by Crippen LogP contribution is 2.17. The van der Waals surface area contributed by atoms with Gasteiger partial charge >= 0.3 is 12.2 Å². The maximum absolute atomic E-state index is 12.0. The van der Waals surface area contributed by atoms with E-state index in [1.165, 1.54) is 23.9 Å². The Morgan fingerprint density at radius 3 is 2.54 bits per heavy atom. The van der Waals surface area contributed by atoms with Crippen molar-refractivity contribution in [3.05, 3.63) is 47.5 Å². The fourth-order valence-corrected chi connectivity index (χ4v) is 3.29. The molecule has 1 aliphatic heterocycles. The van der Waals surface area contributed by atoms with Crippen molar-refractivity contribution in [3.8, 4) is 0 Å². The number of alkyl halides is 3. The predicted molar refractivity (Wildman–Crippen MR) is 131 cm³/mol. The fraction of sp³-hybridized carbons (Fsp3) is 0.500. The number of carbonyl (C=O) groups is 2. The molecule has 1 aromatic carbocycles. The highest BCUT2D eigenvalue weighted by Gasteiger charge is 2.27. The highest BCUT2D eigenvalue weighted by atomic mass is 19.4. The lowest BCUT2D eigenvalue weighted by Gasteiger charge is -2.13. The summed E-state index contributed by atoms with van der Waals surface area (Å²) in [5.41, 5.74) is 3.05. The average Bonchev–Trinajstić information content (AvgIpc) is 3.46.